The third kappa shape index (κ3) is 4.49. The fourth-order valence-corrected chi connectivity index (χ4v) is 2.05. The average molecular weight is 380 g/mol. The van der Waals surface area contributed by atoms with Crippen molar-refractivity contribution in [3.05, 3.63) is 46.7 Å². The van der Waals surface area contributed by atoms with Crippen molar-refractivity contribution in [3.63, 3.8) is 0 Å². The summed E-state index contributed by atoms with van der Waals surface area (Å²) in [5.74, 6) is -0.520. The number of methoxy groups -OCH3 is 1. The summed E-state index contributed by atoms with van der Waals surface area (Å²) in [6.45, 7) is 1.46. The number of hydrogen-bond acceptors (Lipinski definition) is 6. The monoisotopic (exact) mass is 379 g/mol. The molecule has 2 aromatic rings. The van der Waals surface area contributed by atoms with Crippen LogP contribution < -0.4 is 10.1 Å². The Bertz CT molecular complexity index is 709. The van der Waals surface area contributed by atoms with Gasteiger partial charge in [-0.25, -0.2) is 14.8 Å². The van der Waals surface area contributed by atoms with Crippen molar-refractivity contribution in [2.75, 3.05) is 12.4 Å². The zero-order valence-corrected chi connectivity index (χ0v) is 14.0. The summed E-state index contributed by atoms with van der Waals surface area (Å²) in [5, 5.41) is 2.46. The molecule has 1 aromatic heterocycles. The van der Waals surface area contributed by atoms with Crippen LogP contribution in [-0.2, 0) is 9.53 Å². The van der Waals surface area contributed by atoms with Gasteiger partial charge >= 0.3 is 5.97 Å². The minimum Gasteiger partial charge on any atom is -0.497 e. The van der Waals surface area contributed by atoms with Crippen molar-refractivity contribution in [1.82, 2.24) is 9.97 Å². The topological polar surface area (TPSA) is 90.4 Å². The van der Waals surface area contributed by atoms with E-state index >= 15 is 0 Å². The van der Waals surface area contributed by atoms with Crippen LogP contribution in [0, 0.1) is 0 Å². The molecule has 8 heteroatoms. The molecule has 23 heavy (non-hydrogen) atoms. The summed E-state index contributed by atoms with van der Waals surface area (Å²) in [4.78, 5) is 31.9. The van der Waals surface area contributed by atoms with Crippen LogP contribution >= 0.6 is 15.9 Å². The Hall–Kier alpha value is -2.48. The van der Waals surface area contributed by atoms with Crippen molar-refractivity contribution in [2.24, 2.45) is 0 Å². The van der Waals surface area contributed by atoms with Crippen LogP contribution in [0.1, 0.15) is 17.3 Å². The molecular weight excluding hydrogens is 366 g/mol. The number of halogens is 1. The highest BCUT2D eigenvalue weighted by Gasteiger charge is 2.21. The maximum absolute atomic E-state index is 12.2. The second-order valence-corrected chi connectivity index (χ2v) is 5.31. The number of aromatic nitrogens is 2. The lowest BCUT2D eigenvalue weighted by molar-refractivity contribution is -0.123. The molecule has 0 aliphatic rings. The van der Waals surface area contributed by atoms with Crippen LogP contribution in [0.25, 0.3) is 0 Å². The summed E-state index contributed by atoms with van der Waals surface area (Å²) in [6.07, 6.45) is 1.98. The maximum atomic E-state index is 12.2. The normalized spacial score (nSPS) is 11.4. The molecule has 0 aliphatic carbocycles. The summed E-state index contributed by atoms with van der Waals surface area (Å²) < 4.78 is 10.8. The minimum atomic E-state index is -1.01. The Labute approximate surface area is 141 Å². The summed E-state index contributed by atoms with van der Waals surface area (Å²) in [6, 6.07) is 6.51. The quantitative estimate of drug-likeness (QED) is 0.802. The Balaban J connectivity index is 2.03. The molecule has 0 radical (unpaired) electrons. The number of carbonyl (C=O) groups is 2. The lowest BCUT2D eigenvalue weighted by Gasteiger charge is -2.13. The van der Waals surface area contributed by atoms with Gasteiger partial charge in [-0.05, 0) is 47.1 Å². The van der Waals surface area contributed by atoms with Crippen LogP contribution in [0.2, 0.25) is 0 Å². The van der Waals surface area contributed by atoms with Crippen LogP contribution in [0.5, 0.6) is 5.75 Å². The van der Waals surface area contributed by atoms with E-state index in [1.807, 2.05) is 0 Å². The van der Waals surface area contributed by atoms with E-state index < -0.39 is 18.0 Å². The second kappa shape index (κ2) is 7.68. The van der Waals surface area contributed by atoms with Gasteiger partial charge in [-0.15, -0.1) is 0 Å². The number of nitrogens with zero attached hydrogens (tertiary/aromatic N) is 2. The molecule has 7 nitrogen and oxygen atoms in total. The molecule has 1 aromatic carbocycles. The largest absolute Gasteiger partial charge is 0.497 e. The molecule has 0 fully saturated rings. The molecule has 2 rings (SSSR count). The van der Waals surface area contributed by atoms with Crippen LogP contribution in [0.4, 0.5) is 5.95 Å². The zero-order valence-electron chi connectivity index (χ0n) is 12.4. The standard InChI is InChI=1S/C15H14BrN3O4/c1-9(13(20)19-15-17-6-3-7-18-15)23-14(21)11-8-10(22-2)4-5-12(11)16/h3-9H,1-2H3,(H,17,18,19,20). The van der Waals surface area contributed by atoms with Gasteiger partial charge in [0.25, 0.3) is 5.91 Å². The predicted octanol–water partition coefficient (Wildman–Crippen LogP) is 2.43. The molecule has 1 heterocycles. The van der Waals surface area contributed by atoms with E-state index in [2.05, 4.69) is 31.2 Å². The Morgan fingerprint density at radius 3 is 2.61 bits per heavy atom. The van der Waals surface area contributed by atoms with Crippen LogP contribution in [-0.4, -0.2) is 35.1 Å². The number of esters is 1. The first kappa shape index (κ1) is 16.9. The molecule has 0 saturated heterocycles. The molecule has 1 atom stereocenters. The van der Waals surface area contributed by atoms with E-state index in [1.54, 1.807) is 18.2 Å². The van der Waals surface area contributed by atoms with Crippen molar-refractivity contribution in [1.29, 1.82) is 0 Å². The molecule has 1 amide bonds. The van der Waals surface area contributed by atoms with E-state index in [9.17, 15) is 9.59 Å². The number of ether oxygens (including phenoxy) is 2. The van der Waals surface area contributed by atoms with E-state index in [1.165, 1.54) is 32.5 Å². The van der Waals surface area contributed by atoms with E-state index in [0.717, 1.165) is 0 Å². The highest BCUT2D eigenvalue weighted by molar-refractivity contribution is 9.10. The SMILES string of the molecule is COc1ccc(Br)c(C(=O)OC(C)C(=O)Nc2ncccn2)c1. The van der Waals surface area contributed by atoms with Gasteiger partial charge in [0, 0.05) is 16.9 Å². The number of hydrogen-bond donors (Lipinski definition) is 1. The van der Waals surface area contributed by atoms with Gasteiger partial charge in [0.1, 0.15) is 5.75 Å². The Morgan fingerprint density at radius 2 is 1.96 bits per heavy atom. The summed E-state index contributed by atoms with van der Waals surface area (Å²) >= 11 is 3.26. The van der Waals surface area contributed by atoms with Crippen LogP contribution in [0.3, 0.4) is 0 Å². The highest BCUT2D eigenvalue weighted by atomic mass is 79.9. The Morgan fingerprint density at radius 1 is 1.26 bits per heavy atom. The van der Waals surface area contributed by atoms with Crippen molar-refractivity contribution in [2.45, 2.75) is 13.0 Å². The van der Waals surface area contributed by atoms with Gasteiger partial charge in [0.05, 0.1) is 12.7 Å². The molecule has 120 valence electrons. The summed E-state index contributed by atoms with van der Waals surface area (Å²) in [7, 11) is 1.49. The predicted molar refractivity (Wildman–Crippen MR) is 86.2 cm³/mol. The van der Waals surface area contributed by atoms with E-state index in [4.69, 9.17) is 9.47 Å². The first-order valence-electron chi connectivity index (χ1n) is 6.63. The molecule has 0 aliphatic heterocycles. The van der Waals surface area contributed by atoms with Crippen LogP contribution in [0.15, 0.2) is 41.1 Å². The van der Waals surface area contributed by atoms with Crippen molar-refractivity contribution >= 4 is 33.8 Å². The van der Waals surface area contributed by atoms with Gasteiger partial charge in [-0.1, -0.05) is 0 Å². The molecular formula is C15H14BrN3O4. The minimum absolute atomic E-state index is 0.142. The third-order valence-electron chi connectivity index (χ3n) is 2.85. The fourth-order valence-electron chi connectivity index (χ4n) is 1.64. The lowest BCUT2D eigenvalue weighted by atomic mass is 10.2. The molecule has 0 bridgehead atoms. The third-order valence-corrected chi connectivity index (χ3v) is 3.54. The zero-order chi connectivity index (χ0) is 16.8. The van der Waals surface area contributed by atoms with E-state index in [-0.39, 0.29) is 11.5 Å². The van der Waals surface area contributed by atoms with Gasteiger partial charge in [0.15, 0.2) is 6.10 Å². The van der Waals surface area contributed by atoms with E-state index in [0.29, 0.717) is 10.2 Å². The van der Waals surface area contributed by atoms with Gasteiger partial charge in [-0.3, -0.25) is 10.1 Å². The molecule has 1 unspecified atom stereocenters. The highest BCUT2D eigenvalue weighted by Crippen LogP contribution is 2.23. The number of anilines is 1. The summed E-state index contributed by atoms with van der Waals surface area (Å²) in [5.41, 5.74) is 0.264. The number of benzene rings is 1. The van der Waals surface area contributed by atoms with Gasteiger partial charge in [-0.2, -0.15) is 0 Å². The average Bonchev–Trinajstić information content (AvgIpc) is 2.56. The van der Waals surface area contributed by atoms with Crippen molar-refractivity contribution < 1.29 is 19.1 Å². The molecule has 0 saturated carbocycles. The van der Waals surface area contributed by atoms with Gasteiger partial charge in [0.2, 0.25) is 5.95 Å². The number of rotatable bonds is 5. The molecule has 0 spiro atoms. The molecule has 1 N–H and O–H groups in total. The fraction of sp³-hybridized carbons (Fsp3) is 0.200. The maximum Gasteiger partial charge on any atom is 0.340 e. The Kier molecular flexibility index (Phi) is 5.64. The van der Waals surface area contributed by atoms with Crippen molar-refractivity contribution in [3.8, 4) is 5.75 Å². The van der Waals surface area contributed by atoms with Gasteiger partial charge < -0.3 is 9.47 Å². The number of amides is 1. The number of carbonyl (C=O) groups excluding carboxylic acids is 2. The first-order valence-corrected chi connectivity index (χ1v) is 7.43. The lowest BCUT2D eigenvalue weighted by Crippen LogP contribution is -2.30. The first-order chi connectivity index (χ1) is 11.0. The number of nitrogens with one attached hydrogen (secondary N) is 1. The smallest absolute Gasteiger partial charge is 0.340 e. The second-order valence-electron chi connectivity index (χ2n) is 4.45.